The van der Waals surface area contributed by atoms with Gasteiger partial charge in [-0.05, 0) is 18.8 Å². The van der Waals surface area contributed by atoms with Gasteiger partial charge in [-0.25, -0.2) is 4.79 Å². The van der Waals surface area contributed by atoms with E-state index in [2.05, 4.69) is 5.32 Å². The highest BCUT2D eigenvalue weighted by molar-refractivity contribution is 5.74. The van der Waals surface area contributed by atoms with Crippen molar-refractivity contribution in [1.29, 1.82) is 0 Å². The van der Waals surface area contributed by atoms with Crippen LogP contribution in [0.2, 0.25) is 0 Å². The molecule has 1 heterocycles. The van der Waals surface area contributed by atoms with Crippen molar-refractivity contribution in [3.63, 3.8) is 0 Å². The molecule has 1 aliphatic carbocycles. The number of nitrogens with one attached hydrogen (secondary N) is 1. The Hall–Kier alpha value is -0.980. The van der Waals surface area contributed by atoms with Crippen molar-refractivity contribution in [1.82, 2.24) is 10.2 Å². The molecule has 2 fully saturated rings. The second-order valence-electron chi connectivity index (χ2n) is 6.91. The van der Waals surface area contributed by atoms with Crippen molar-refractivity contribution in [3.8, 4) is 0 Å². The van der Waals surface area contributed by atoms with E-state index in [9.17, 15) is 23.1 Å². The molecule has 23 heavy (non-hydrogen) atoms. The van der Waals surface area contributed by atoms with Crippen molar-refractivity contribution in [2.45, 2.75) is 69.6 Å². The summed E-state index contributed by atoms with van der Waals surface area (Å²) >= 11 is 0. The van der Waals surface area contributed by atoms with E-state index < -0.39 is 24.6 Å². The van der Waals surface area contributed by atoms with Crippen LogP contribution in [0, 0.1) is 5.92 Å². The highest BCUT2D eigenvalue weighted by atomic mass is 19.4. The van der Waals surface area contributed by atoms with Crippen LogP contribution in [0.25, 0.3) is 0 Å². The number of piperidine rings is 1. The number of nitrogens with zero attached hydrogens (tertiary/aromatic N) is 1. The molecule has 0 aromatic rings. The highest BCUT2D eigenvalue weighted by Gasteiger charge is 2.54. The first kappa shape index (κ1) is 18.4. The minimum Gasteiger partial charge on any atom is -0.380 e. The molecule has 7 heteroatoms. The quantitative estimate of drug-likeness (QED) is 0.811. The van der Waals surface area contributed by atoms with E-state index in [1.165, 1.54) is 37.0 Å². The van der Waals surface area contributed by atoms with Gasteiger partial charge in [-0.1, -0.05) is 32.1 Å². The van der Waals surface area contributed by atoms with E-state index in [0.29, 0.717) is 12.5 Å². The Morgan fingerprint density at radius 1 is 1.09 bits per heavy atom. The maximum Gasteiger partial charge on any atom is 0.417 e. The van der Waals surface area contributed by atoms with Crippen LogP contribution in [0.5, 0.6) is 0 Å². The fourth-order valence-electron chi connectivity index (χ4n) is 3.45. The molecule has 0 aromatic heterocycles. The van der Waals surface area contributed by atoms with Crippen LogP contribution in [-0.2, 0) is 0 Å². The molecule has 1 saturated carbocycles. The number of hydrogen-bond donors (Lipinski definition) is 2. The normalized spacial score (nSPS) is 23.9. The second-order valence-corrected chi connectivity index (χ2v) is 6.91. The minimum atomic E-state index is -4.63. The molecule has 0 atom stereocenters. The van der Waals surface area contributed by atoms with Gasteiger partial charge < -0.3 is 15.3 Å². The van der Waals surface area contributed by atoms with Crippen LogP contribution in [0.3, 0.4) is 0 Å². The number of rotatable bonds is 2. The Balaban J connectivity index is 1.74. The molecule has 2 aliphatic rings. The van der Waals surface area contributed by atoms with E-state index in [-0.39, 0.29) is 19.1 Å². The lowest BCUT2D eigenvalue weighted by Gasteiger charge is -2.39. The first-order valence-corrected chi connectivity index (χ1v) is 8.64. The predicted octanol–water partition coefficient (Wildman–Crippen LogP) is 3.45. The van der Waals surface area contributed by atoms with Gasteiger partial charge in [0.2, 0.25) is 0 Å². The zero-order valence-electron chi connectivity index (χ0n) is 13.5. The molecule has 1 aliphatic heterocycles. The van der Waals surface area contributed by atoms with Crippen LogP contribution >= 0.6 is 0 Å². The summed E-state index contributed by atoms with van der Waals surface area (Å²) in [6.45, 7) is 0.470. The summed E-state index contributed by atoms with van der Waals surface area (Å²) < 4.78 is 38.2. The predicted molar refractivity (Wildman–Crippen MR) is 81.0 cm³/mol. The molecule has 0 bridgehead atoms. The third-order valence-electron chi connectivity index (χ3n) is 5.17. The van der Waals surface area contributed by atoms with Crippen molar-refractivity contribution in [2.24, 2.45) is 5.92 Å². The zero-order valence-corrected chi connectivity index (χ0v) is 13.5. The third kappa shape index (κ3) is 4.99. The van der Waals surface area contributed by atoms with Crippen LogP contribution in [0.1, 0.15) is 57.8 Å². The Morgan fingerprint density at radius 2 is 1.61 bits per heavy atom. The minimum absolute atomic E-state index is 0.0630. The number of carbonyl (C=O) groups is 1. The van der Waals surface area contributed by atoms with Crippen LogP contribution in [0.15, 0.2) is 0 Å². The molecule has 2 amide bonds. The number of aliphatic hydroxyl groups is 1. The van der Waals surface area contributed by atoms with Crippen molar-refractivity contribution in [3.05, 3.63) is 0 Å². The SMILES string of the molecule is O=C(NCC1CCCCCCC1)N1CCC(O)(C(F)(F)F)CC1. The van der Waals surface area contributed by atoms with E-state index >= 15 is 0 Å². The first-order chi connectivity index (χ1) is 10.8. The van der Waals surface area contributed by atoms with E-state index in [4.69, 9.17) is 0 Å². The molecule has 2 rings (SSSR count). The molecule has 0 aromatic carbocycles. The third-order valence-corrected chi connectivity index (χ3v) is 5.17. The molecular weight excluding hydrogens is 309 g/mol. The molecule has 0 unspecified atom stereocenters. The Morgan fingerprint density at radius 3 is 2.13 bits per heavy atom. The molecule has 0 radical (unpaired) electrons. The average molecular weight is 336 g/mol. The standard InChI is InChI=1S/C16H27F3N2O2/c17-16(18,19)15(23)8-10-21(11-9-15)14(22)20-12-13-6-4-2-1-3-5-7-13/h13,23H,1-12H2,(H,20,22). The Bertz CT molecular complexity index is 385. The van der Waals surface area contributed by atoms with Gasteiger partial charge in [0.25, 0.3) is 0 Å². The molecular formula is C16H27F3N2O2. The Labute approximate surface area is 135 Å². The maximum atomic E-state index is 12.7. The lowest BCUT2D eigenvalue weighted by molar-refractivity contribution is -0.271. The van der Waals surface area contributed by atoms with Gasteiger partial charge in [0.1, 0.15) is 0 Å². The van der Waals surface area contributed by atoms with Crippen LogP contribution in [0.4, 0.5) is 18.0 Å². The number of amides is 2. The number of urea groups is 1. The summed E-state index contributed by atoms with van der Waals surface area (Å²) in [6.07, 6.45) is 2.82. The van der Waals surface area contributed by atoms with Crippen molar-refractivity contribution >= 4 is 6.03 Å². The van der Waals surface area contributed by atoms with Gasteiger partial charge in [0, 0.05) is 32.5 Å². The maximum absolute atomic E-state index is 12.7. The fraction of sp³-hybridized carbons (Fsp3) is 0.938. The van der Waals surface area contributed by atoms with Gasteiger partial charge in [0.05, 0.1) is 0 Å². The van der Waals surface area contributed by atoms with Crippen LogP contribution in [-0.4, -0.2) is 47.4 Å². The number of halogens is 3. The number of alkyl halides is 3. The average Bonchev–Trinajstić information content (AvgIpc) is 2.45. The molecule has 134 valence electrons. The summed E-state index contributed by atoms with van der Waals surface area (Å²) in [6, 6.07) is -0.309. The van der Waals surface area contributed by atoms with Crippen molar-refractivity contribution in [2.75, 3.05) is 19.6 Å². The summed E-state index contributed by atoms with van der Waals surface area (Å²) in [5.74, 6) is 0.469. The molecule has 1 saturated heterocycles. The summed E-state index contributed by atoms with van der Waals surface area (Å²) in [5, 5.41) is 12.5. The number of carbonyl (C=O) groups excluding carboxylic acids is 1. The van der Waals surface area contributed by atoms with E-state index in [1.807, 2.05) is 0 Å². The monoisotopic (exact) mass is 336 g/mol. The van der Waals surface area contributed by atoms with Gasteiger partial charge in [-0.15, -0.1) is 0 Å². The summed E-state index contributed by atoms with van der Waals surface area (Å²) in [7, 11) is 0. The number of hydrogen-bond acceptors (Lipinski definition) is 2. The fourth-order valence-corrected chi connectivity index (χ4v) is 3.45. The van der Waals surface area contributed by atoms with Gasteiger partial charge in [0.15, 0.2) is 5.60 Å². The van der Waals surface area contributed by atoms with E-state index in [0.717, 1.165) is 12.8 Å². The summed E-state index contributed by atoms with van der Waals surface area (Å²) in [5.41, 5.74) is -2.65. The van der Waals surface area contributed by atoms with Gasteiger partial charge in [-0.3, -0.25) is 0 Å². The smallest absolute Gasteiger partial charge is 0.380 e. The molecule has 2 N–H and O–H groups in total. The van der Waals surface area contributed by atoms with Crippen LogP contribution < -0.4 is 5.32 Å². The van der Waals surface area contributed by atoms with E-state index in [1.54, 1.807) is 0 Å². The first-order valence-electron chi connectivity index (χ1n) is 8.64. The van der Waals surface area contributed by atoms with Crippen molar-refractivity contribution < 1.29 is 23.1 Å². The Kier molecular flexibility index (Phi) is 6.17. The number of likely N-dealkylation sites (tertiary alicyclic amines) is 1. The molecule has 0 spiro atoms. The van der Waals surface area contributed by atoms with Gasteiger partial charge in [-0.2, -0.15) is 13.2 Å². The lowest BCUT2D eigenvalue weighted by Crippen LogP contribution is -2.56. The largest absolute Gasteiger partial charge is 0.417 e. The lowest BCUT2D eigenvalue weighted by atomic mass is 9.90. The second kappa shape index (κ2) is 7.73. The zero-order chi connectivity index (χ0) is 16.9. The molecule has 4 nitrogen and oxygen atoms in total. The topological polar surface area (TPSA) is 52.6 Å². The van der Waals surface area contributed by atoms with Gasteiger partial charge >= 0.3 is 12.2 Å². The highest BCUT2D eigenvalue weighted by Crippen LogP contribution is 2.38. The summed E-state index contributed by atoms with van der Waals surface area (Å²) in [4.78, 5) is 13.5.